The van der Waals surface area contributed by atoms with E-state index >= 15 is 0 Å². The van der Waals surface area contributed by atoms with Crippen molar-refractivity contribution < 1.29 is 23.1 Å². The predicted molar refractivity (Wildman–Crippen MR) is 69.6 cm³/mol. The predicted octanol–water partition coefficient (Wildman–Crippen LogP) is 2.20. The first-order valence-electron chi connectivity index (χ1n) is 7.03. The molecule has 0 spiro atoms. The van der Waals surface area contributed by atoms with Crippen molar-refractivity contribution in [3.8, 4) is 0 Å². The van der Waals surface area contributed by atoms with Crippen molar-refractivity contribution >= 4 is 5.97 Å². The van der Waals surface area contributed by atoms with Gasteiger partial charge in [0.2, 0.25) is 0 Å². The Morgan fingerprint density at radius 3 is 2.35 bits per heavy atom. The van der Waals surface area contributed by atoms with Crippen LogP contribution in [0.5, 0.6) is 0 Å². The molecule has 0 aromatic rings. The van der Waals surface area contributed by atoms with E-state index < -0.39 is 18.6 Å². The zero-order valence-corrected chi connectivity index (χ0v) is 11.8. The number of piperazine rings is 1. The standard InChI is InChI=1S/C13H23F3N2O2/c1-11(3-2-5-13(14,15)16)18-9-7-17(8-10-18)6-4-12(19)20/h11H,2-10H2,1H3,(H,19,20). The van der Waals surface area contributed by atoms with Gasteiger partial charge in [0.15, 0.2) is 0 Å². The Morgan fingerprint density at radius 2 is 1.85 bits per heavy atom. The molecule has 0 amide bonds. The largest absolute Gasteiger partial charge is 0.481 e. The normalized spacial score (nSPS) is 20.0. The summed E-state index contributed by atoms with van der Waals surface area (Å²) < 4.78 is 36.2. The van der Waals surface area contributed by atoms with Gasteiger partial charge in [-0.1, -0.05) is 0 Å². The van der Waals surface area contributed by atoms with Crippen molar-refractivity contribution in [2.75, 3.05) is 32.7 Å². The molecule has 0 radical (unpaired) electrons. The van der Waals surface area contributed by atoms with Crippen molar-refractivity contribution in [3.63, 3.8) is 0 Å². The molecule has 1 aliphatic heterocycles. The number of rotatable bonds is 7. The highest BCUT2D eigenvalue weighted by atomic mass is 19.4. The van der Waals surface area contributed by atoms with Gasteiger partial charge in [0, 0.05) is 45.2 Å². The number of hydrogen-bond acceptors (Lipinski definition) is 3. The summed E-state index contributed by atoms with van der Waals surface area (Å²) in [7, 11) is 0. The quantitative estimate of drug-likeness (QED) is 0.782. The molecule has 1 unspecified atom stereocenters. The van der Waals surface area contributed by atoms with Crippen LogP contribution in [0.3, 0.4) is 0 Å². The van der Waals surface area contributed by atoms with Crippen LogP contribution in [0, 0.1) is 0 Å². The van der Waals surface area contributed by atoms with Crippen LogP contribution < -0.4 is 0 Å². The fourth-order valence-electron chi connectivity index (χ4n) is 2.46. The monoisotopic (exact) mass is 296 g/mol. The lowest BCUT2D eigenvalue weighted by molar-refractivity contribution is -0.138. The second kappa shape index (κ2) is 7.83. The van der Waals surface area contributed by atoms with Gasteiger partial charge in [0.1, 0.15) is 0 Å². The number of nitrogens with zero attached hydrogens (tertiary/aromatic N) is 2. The molecule has 4 nitrogen and oxygen atoms in total. The Balaban J connectivity index is 2.18. The maximum absolute atomic E-state index is 12.1. The van der Waals surface area contributed by atoms with E-state index in [0.717, 1.165) is 26.2 Å². The minimum atomic E-state index is -4.06. The maximum Gasteiger partial charge on any atom is 0.389 e. The first-order chi connectivity index (χ1) is 9.28. The lowest BCUT2D eigenvalue weighted by Crippen LogP contribution is -2.49. The molecule has 1 aliphatic rings. The molecule has 1 atom stereocenters. The minimum Gasteiger partial charge on any atom is -0.481 e. The molecule has 20 heavy (non-hydrogen) atoms. The van der Waals surface area contributed by atoms with Gasteiger partial charge in [-0.2, -0.15) is 13.2 Å². The van der Waals surface area contributed by atoms with Gasteiger partial charge in [0.25, 0.3) is 0 Å². The van der Waals surface area contributed by atoms with E-state index in [0.29, 0.717) is 13.0 Å². The van der Waals surface area contributed by atoms with Gasteiger partial charge in [-0.15, -0.1) is 0 Å². The van der Waals surface area contributed by atoms with Crippen molar-refractivity contribution in [1.29, 1.82) is 0 Å². The zero-order valence-electron chi connectivity index (χ0n) is 11.8. The van der Waals surface area contributed by atoms with Crippen LogP contribution in [0.2, 0.25) is 0 Å². The van der Waals surface area contributed by atoms with Gasteiger partial charge in [0.05, 0.1) is 6.42 Å². The molecule has 0 bridgehead atoms. The van der Waals surface area contributed by atoms with E-state index in [1.165, 1.54) is 0 Å². The van der Waals surface area contributed by atoms with Crippen LogP contribution in [0.25, 0.3) is 0 Å². The van der Waals surface area contributed by atoms with Gasteiger partial charge < -0.3 is 10.0 Å². The molecular weight excluding hydrogens is 273 g/mol. The van der Waals surface area contributed by atoms with Crippen LogP contribution in [0.15, 0.2) is 0 Å². The van der Waals surface area contributed by atoms with Crippen LogP contribution in [-0.4, -0.2) is 65.8 Å². The van der Waals surface area contributed by atoms with Crippen molar-refractivity contribution in [2.45, 2.75) is 44.8 Å². The number of alkyl halides is 3. The zero-order chi connectivity index (χ0) is 15.2. The van der Waals surface area contributed by atoms with E-state index in [9.17, 15) is 18.0 Å². The molecule has 1 heterocycles. The molecule has 0 aliphatic carbocycles. The number of carboxylic acids is 1. The first-order valence-corrected chi connectivity index (χ1v) is 7.03. The smallest absolute Gasteiger partial charge is 0.389 e. The fourth-order valence-corrected chi connectivity index (χ4v) is 2.46. The number of aliphatic carboxylic acids is 1. The molecule has 0 saturated carbocycles. The summed E-state index contributed by atoms with van der Waals surface area (Å²) in [5.41, 5.74) is 0. The highest BCUT2D eigenvalue weighted by Gasteiger charge is 2.27. The third-order valence-corrected chi connectivity index (χ3v) is 3.75. The molecule has 0 aromatic carbocycles. The van der Waals surface area contributed by atoms with E-state index in [-0.39, 0.29) is 18.9 Å². The Bertz CT molecular complexity index is 302. The molecule has 1 N–H and O–H groups in total. The average Bonchev–Trinajstić information content (AvgIpc) is 2.35. The van der Waals surface area contributed by atoms with Crippen LogP contribution >= 0.6 is 0 Å². The Morgan fingerprint density at radius 1 is 1.25 bits per heavy atom. The Labute approximate surface area is 117 Å². The number of hydrogen-bond donors (Lipinski definition) is 1. The SMILES string of the molecule is CC(CCCC(F)(F)F)N1CCN(CCC(=O)O)CC1. The average molecular weight is 296 g/mol. The summed E-state index contributed by atoms with van der Waals surface area (Å²) >= 11 is 0. The Hall–Kier alpha value is -0.820. The fraction of sp³-hybridized carbons (Fsp3) is 0.923. The number of carbonyl (C=O) groups is 1. The second-order valence-electron chi connectivity index (χ2n) is 5.38. The van der Waals surface area contributed by atoms with Crippen LogP contribution in [0.1, 0.15) is 32.6 Å². The van der Waals surface area contributed by atoms with E-state index in [2.05, 4.69) is 9.80 Å². The van der Waals surface area contributed by atoms with Gasteiger partial charge in [-0.05, 0) is 19.8 Å². The minimum absolute atomic E-state index is 0.140. The molecule has 0 aromatic heterocycles. The van der Waals surface area contributed by atoms with Crippen LogP contribution in [0.4, 0.5) is 13.2 Å². The summed E-state index contributed by atoms with van der Waals surface area (Å²) in [6.07, 6.45) is -3.91. The number of carboxylic acid groups (broad SMARTS) is 1. The van der Waals surface area contributed by atoms with Gasteiger partial charge in [-0.3, -0.25) is 9.69 Å². The highest BCUT2D eigenvalue weighted by molar-refractivity contribution is 5.66. The van der Waals surface area contributed by atoms with E-state index in [1.807, 2.05) is 6.92 Å². The summed E-state index contributed by atoms with van der Waals surface area (Å²) in [4.78, 5) is 14.8. The van der Waals surface area contributed by atoms with Gasteiger partial charge in [-0.25, -0.2) is 0 Å². The molecule has 7 heteroatoms. The number of halogens is 3. The maximum atomic E-state index is 12.1. The molecule has 118 valence electrons. The van der Waals surface area contributed by atoms with Gasteiger partial charge >= 0.3 is 12.1 Å². The lowest BCUT2D eigenvalue weighted by Gasteiger charge is -2.38. The van der Waals surface area contributed by atoms with Crippen molar-refractivity contribution in [2.24, 2.45) is 0 Å². The van der Waals surface area contributed by atoms with E-state index in [4.69, 9.17) is 5.11 Å². The topological polar surface area (TPSA) is 43.8 Å². The van der Waals surface area contributed by atoms with Crippen molar-refractivity contribution in [1.82, 2.24) is 9.80 Å². The van der Waals surface area contributed by atoms with Crippen molar-refractivity contribution in [3.05, 3.63) is 0 Å². The summed E-state index contributed by atoms with van der Waals surface area (Å²) in [6.45, 7) is 5.68. The summed E-state index contributed by atoms with van der Waals surface area (Å²) in [5, 5.41) is 8.62. The highest BCUT2D eigenvalue weighted by Crippen LogP contribution is 2.23. The first kappa shape index (κ1) is 17.2. The molecular formula is C13H23F3N2O2. The molecule has 1 rings (SSSR count). The molecule has 1 fully saturated rings. The lowest BCUT2D eigenvalue weighted by atomic mass is 10.1. The summed E-state index contributed by atoms with van der Waals surface area (Å²) in [5.74, 6) is -0.798. The van der Waals surface area contributed by atoms with Crippen LogP contribution in [-0.2, 0) is 4.79 Å². The second-order valence-corrected chi connectivity index (χ2v) is 5.38. The molecule has 1 saturated heterocycles. The Kier molecular flexibility index (Phi) is 6.75. The summed E-state index contributed by atoms with van der Waals surface area (Å²) in [6, 6.07) is 0.152. The third kappa shape index (κ3) is 7.09. The van der Waals surface area contributed by atoms with E-state index in [1.54, 1.807) is 0 Å². The third-order valence-electron chi connectivity index (χ3n) is 3.75.